The number of para-hydroxylation sites is 1. The Kier molecular flexibility index (Phi) is 4.87. The largest absolute Gasteiger partial charge is 0.492 e. The highest BCUT2D eigenvalue weighted by atomic mass is 16.5. The molecule has 0 radical (unpaired) electrons. The number of hydrogen-bond donors (Lipinski definition) is 3. The van der Waals surface area contributed by atoms with Gasteiger partial charge in [0.05, 0.1) is 24.2 Å². The number of H-pyrrole nitrogens is 1. The fourth-order valence-electron chi connectivity index (χ4n) is 2.11. The number of anilines is 2. The summed E-state index contributed by atoms with van der Waals surface area (Å²) in [5.74, 6) is 0.739. The highest BCUT2D eigenvalue weighted by Crippen LogP contribution is 2.29. The Balaban J connectivity index is 1.85. The molecule has 0 amide bonds. The molecule has 0 unspecified atom stereocenters. The van der Waals surface area contributed by atoms with Crippen LogP contribution in [0.4, 0.5) is 11.4 Å². The van der Waals surface area contributed by atoms with Gasteiger partial charge in [0, 0.05) is 12.2 Å². The molecule has 20 heavy (non-hydrogen) atoms. The van der Waals surface area contributed by atoms with E-state index in [4.69, 9.17) is 10.5 Å². The lowest BCUT2D eigenvalue weighted by Gasteiger charge is -2.13. The Bertz CT molecular complexity index is 551. The summed E-state index contributed by atoms with van der Waals surface area (Å²) in [6.45, 7) is 5.48. The highest BCUT2D eigenvalue weighted by Gasteiger charge is 2.05. The van der Waals surface area contributed by atoms with Gasteiger partial charge in [0.15, 0.2) is 0 Å². The Morgan fingerprint density at radius 3 is 2.95 bits per heavy atom. The summed E-state index contributed by atoms with van der Waals surface area (Å²) in [6, 6.07) is 5.81. The molecule has 2 rings (SSSR count). The van der Waals surface area contributed by atoms with E-state index in [0.29, 0.717) is 12.3 Å². The van der Waals surface area contributed by atoms with Gasteiger partial charge in [0.25, 0.3) is 0 Å². The topological polar surface area (TPSA) is 76.0 Å². The second-order valence-electron chi connectivity index (χ2n) is 4.70. The van der Waals surface area contributed by atoms with Crippen LogP contribution in [0, 0.1) is 6.92 Å². The Morgan fingerprint density at radius 2 is 2.25 bits per heavy atom. The smallest absolute Gasteiger partial charge is 0.144 e. The number of nitrogens with one attached hydrogen (secondary N) is 2. The molecule has 2 aromatic rings. The van der Waals surface area contributed by atoms with E-state index in [2.05, 4.69) is 15.5 Å². The third-order valence-corrected chi connectivity index (χ3v) is 3.24. The molecule has 1 aromatic heterocycles. The van der Waals surface area contributed by atoms with E-state index < -0.39 is 0 Å². The van der Waals surface area contributed by atoms with Crippen molar-refractivity contribution < 1.29 is 4.74 Å². The number of nitrogens with two attached hydrogens (primary N) is 1. The number of aromatic nitrogens is 2. The molecule has 5 heteroatoms. The molecule has 0 aliphatic carbocycles. The minimum atomic E-state index is 0.618. The Morgan fingerprint density at radius 1 is 1.40 bits per heavy atom. The molecule has 0 aliphatic rings. The maximum atomic E-state index is 6.07. The van der Waals surface area contributed by atoms with Crippen molar-refractivity contribution in [3.63, 3.8) is 0 Å². The van der Waals surface area contributed by atoms with Crippen molar-refractivity contribution in [1.29, 1.82) is 0 Å². The van der Waals surface area contributed by atoms with Gasteiger partial charge >= 0.3 is 0 Å². The minimum Gasteiger partial charge on any atom is -0.492 e. The molecule has 1 heterocycles. The zero-order chi connectivity index (χ0) is 14.4. The van der Waals surface area contributed by atoms with Crippen LogP contribution in [0.3, 0.4) is 0 Å². The van der Waals surface area contributed by atoms with Crippen LogP contribution in [0.25, 0.3) is 0 Å². The van der Waals surface area contributed by atoms with E-state index in [-0.39, 0.29) is 0 Å². The van der Waals surface area contributed by atoms with Gasteiger partial charge in [-0.05, 0) is 44.4 Å². The van der Waals surface area contributed by atoms with Crippen LogP contribution in [0.1, 0.15) is 24.6 Å². The maximum Gasteiger partial charge on any atom is 0.144 e. The van der Waals surface area contributed by atoms with Crippen molar-refractivity contribution in [3.05, 3.63) is 35.7 Å². The van der Waals surface area contributed by atoms with Gasteiger partial charge in [-0.1, -0.05) is 6.07 Å². The van der Waals surface area contributed by atoms with E-state index in [9.17, 15) is 0 Å². The first-order chi connectivity index (χ1) is 9.72. The minimum absolute atomic E-state index is 0.618. The molecular weight excluding hydrogens is 252 g/mol. The van der Waals surface area contributed by atoms with E-state index >= 15 is 0 Å². The van der Waals surface area contributed by atoms with Crippen LogP contribution >= 0.6 is 0 Å². The summed E-state index contributed by atoms with van der Waals surface area (Å²) >= 11 is 0. The summed E-state index contributed by atoms with van der Waals surface area (Å²) in [5, 5.41) is 10.3. The van der Waals surface area contributed by atoms with Crippen LogP contribution in [-0.4, -0.2) is 23.3 Å². The quantitative estimate of drug-likeness (QED) is 0.536. The van der Waals surface area contributed by atoms with Crippen LogP contribution in [-0.2, 0) is 6.42 Å². The van der Waals surface area contributed by atoms with Crippen molar-refractivity contribution in [3.8, 4) is 5.75 Å². The second-order valence-corrected chi connectivity index (χ2v) is 4.70. The van der Waals surface area contributed by atoms with Gasteiger partial charge in [0.2, 0.25) is 0 Å². The van der Waals surface area contributed by atoms with Gasteiger partial charge in [0.1, 0.15) is 5.75 Å². The van der Waals surface area contributed by atoms with Gasteiger partial charge < -0.3 is 15.8 Å². The molecule has 0 aliphatic heterocycles. The standard InChI is InChI=1S/C15H22N4O/c1-3-20-14-8-4-7-13(15(14)16)17-9-5-6-12-10-18-19-11(12)2/h4,7-8,10,17H,3,5-6,9,16H2,1-2H3,(H,18,19). The van der Waals surface area contributed by atoms with Gasteiger partial charge in [-0.25, -0.2) is 0 Å². The Labute approximate surface area is 119 Å². The monoisotopic (exact) mass is 274 g/mol. The molecule has 108 valence electrons. The van der Waals surface area contributed by atoms with Crippen molar-refractivity contribution in [1.82, 2.24) is 10.2 Å². The number of aryl methyl sites for hydroxylation is 2. The summed E-state index contributed by atoms with van der Waals surface area (Å²) in [7, 11) is 0. The van der Waals surface area contributed by atoms with Gasteiger partial charge in [-0.3, -0.25) is 5.10 Å². The fraction of sp³-hybridized carbons (Fsp3) is 0.400. The van der Waals surface area contributed by atoms with Crippen LogP contribution < -0.4 is 15.8 Å². The van der Waals surface area contributed by atoms with Crippen LogP contribution in [0.2, 0.25) is 0 Å². The average Bonchev–Trinajstić information content (AvgIpc) is 2.84. The third-order valence-electron chi connectivity index (χ3n) is 3.24. The van der Waals surface area contributed by atoms with E-state index in [1.54, 1.807) is 0 Å². The molecule has 0 saturated heterocycles. The Hall–Kier alpha value is -2.17. The first-order valence-corrected chi connectivity index (χ1v) is 6.96. The number of benzene rings is 1. The first-order valence-electron chi connectivity index (χ1n) is 6.96. The lowest BCUT2D eigenvalue weighted by Crippen LogP contribution is -2.07. The molecule has 0 atom stereocenters. The lowest BCUT2D eigenvalue weighted by molar-refractivity contribution is 0.342. The van der Waals surface area contributed by atoms with Gasteiger partial charge in [-0.15, -0.1) is 0 Å². The SMILES string of the molecule is CCOc1cccc(NCCCc2cn[nH]c2C)c1N. The average molecular weight is 274 g/mol. The zero-order valence-electron chi connectivity index (χ0n) is 12.1. The van der Waals surface area contributed by atoms with E-state index in [1.165, 1.54) is 5.56 Å². The molecule has 0 saturated carbocycles. The number of nitrogen functional groups attached to an aromatic ring is 1. The predicted octanol–water partition coefficient (Wildman–Crippen LogP) is 2.74. The predicted molar refractivity (Wildman–Crippen MR) is 82.2 cm³/mol. The second kappa shape index (κ2) is 6.84. The summed E-state index contributed by atoms with van der Waals surface area (Å²) in [5.41, 5.74) is 10.1. The normalized spacial score (nSPS) is 10.5. The first kappa shape index (κ1) is 14.2. The number of ether oxygens (including phenoxy) is 1. The number of rotatable bonds is 7. The molecule has 0 bridgehead atoms. The molecule has 1 aromatic carbocycles. The van der Waals surface area contributed by atoms with Crippen molar-refractivity contribution in [2.75, 3.05) is 24.2 Å². The third kappa shape index (κ3) is 3.44. The summed E-state index contributed by atoms with van der Waals surface area (Å²) < 4.78 is 5.48. The summed E-state index contributed by atoms with van der Waals surface area (Å²) in [4.78, 5) is 0. The highest BCUT2D eigenvalue weighted by molar-refractivity contribution is 5.72. The summed E-state index contributed by atoms with van der Waals surface area (Å²) in [6.07, 6.45) is 3.92. The number of hydrogen-bond acceptors (Lipinski definition) is 4. The molecule has 0 spiro atoms. The molecule has 0 fully saturated rings. The van der Waals surface area contributed by atoms with E-state index in [1.807, 2.05) is 38.2 Å². The van der Waals surface area contributed by atoms with Crippen molar-refractivity contribution >= 4 is 11.4 Å². The lowest BCUT2D eigenvalue weighted by atomic mass is 10.1. The molecule has 5 nitrogen and oxygen atoms in total. The fourth-order valence-corrected chi connectivity index (χ4v) is 2.11. The molecular formula is C15H22N4O. The van der Waals surface area contributed by atoms with Crippen LogP contribution in [0.15, 0.2) is 24.4 Å². The van der Waals surface area contributed by atoms with Crippen LogP contribution in [0.5, 0.6) is 5.75 Å². The van der Waals surface area contributed by atoms with Crippen molar-refractivity contribution in [2.24, 2.45) is 0 Å². The van der Waals surface area contributed by atoms with Crippen molar-refractivity contribution in [2.45, 2.75) is 26.7 Å². The van der Waals surface area contributed by atoms with E-state index in [0.717, 1.165) is 36.5 Å². The molecule has 4 N–H and O–H groups in total. The maximum absolute atomic E-state index is 6.07. The number of aromatic amines is 1. The van der Waals surface area contributed by atoms with Gasteiger partial charge in [-0.2, -0.15) is 5.10 Å². The number of nitrogens with zero attached hydrogens (tertiary/aromatic N) is 1. The zero-order valence-corrected chi connectivity index (χ0v) is 12.1.